The predicted octanol–water partition coefficient (Wildman–Crippen LogP) is 6.43. The fourth-order valence-electron chi connectivity index (χ4n) is 9.20. The highest BCUT2D eigenvalue weighted by Crippen LogP contribution is 2.61. The molecule has 10 bridgehead atoms. The normalized spacial score (nSPS) is 21.3. The Morgan fingerprint density at radius 3 is 2.63 bits per heavy atom. The molecule has 0 aliphatic carbocycles. The highest BCUT2D eigenvalue weighted by molar-refractivity contribution is 7.46. The third-order valence-corrected chi connectivity index (χ3v) is 12.7. The van der Waals surface area contributed by atoms with Gasteiger partial charge in [-0.3, -0.25) is 14.1 Å². The summed E-state index contributed by atoms with van der Waals surface area (Å²) in [4.78, 5) is 60.5. The molecule has 6 N–H and O–H groups in total. The van der Waals surface area contributed by atoms with Crippen molar-refractivity contribution < 1.29 is 46.8 Å². The van der Waals surface area contributed by atoms with Crippen LogP contribution in [-0.2, 0) is 35.3 Å². The van der Waals surface area contributed by atoms with Crippen LogP contribution in [0.5, 0.6) is 5.75 Å². The standard InChI is InChI=1S/C42H41N6O10P/c1-5-41(6-2,54-19-55-59(51,52)53)39(50)45-28-16-21-13-14-29-26(15-21)42-25-11-7-10-23(33(25)48-40(42)57-29)22-9-8-12-27-31(22)24(17-43-27)30-18-44-37(56-30)34-35(42)58-38(47-34)32(20(3)4)46-36(28)49/h7-15,17-18,20,28,32,40,43,48H,5-6,16,19H2,1-4H3,(H,45,50)(H,46,49)(H2,51,52,53). The topological polar surface area (TPSA) is 223 Å². The van der Waals surface area contributed by atoms with Crippen molar-refractivity contribution in [3.63, 3.8) is 0 Å². The number of phosphoric acid groups is 1. The van der Waals surface area contributed by atoms with E-state index in [-0.39, 0.29) is 37.0 Å². The number of carbonyl (C=O) groups is 2. The molecule has 0 fully saturated rings. The van der Waals surface area contributed by atoms with Crippen LogP contribution in [0.2, 0.25) is 0 Å². The summed E-state index contributed by atoms with van der Waals surface area (Å²) in [6, 6.07) is 16.1. The van der Waals surface area contributed by atoms with Gasteiger partial charge in [-0.2, -0.15) is 0 Å². The number of para-hydroxylation sites is 1. The minimum Gasteiger partial charge on any atom is -0.469 e. The van der Waals surface area contributed by atoms with E-state index in [1.807, 2.05) is 56.4 Å². The second-order valence-electron chi connectivity index (χ2n) is 15.7. The number of aromatic amines is 1. The van der Waals surface area contributed by atoms with Gasteiger partial charge in [0.15, 0.2) is 30.2 Å². The Labute approximate surface area is 337 Å². The summed E-state index contributed by atoms with van der Waals surface area (Å²) in [5.74, 6) is 0.615. The quantitative estimate of drug-likeness (QED) is 0.0684. The highest BCUT2D eigenvalue weighted by atomic mass is 31.2. The maximum Gasteiger partial charge on any atom is 0.471 e. The molecule has 16 nitrogen and oxygen atoms in total. The van der Waals surface area contributed by atoms with Crippen molar-refractivity contribution in [3.8, 4) is 39.8 Å². The second kappa shape index (κ2) is 13.4. The Morgan fingerprint density at radius 1 is 1.05 bits per heavy atom. The Hall–Kier alpha value is -5.77. The Bertz CT molecular complexity index is 2750. The van der Waals surface area contributed by atoms with Gasteiger partial charge < -0.3 is 49.0 Å². The zero-order valence-electron chi connectivity index (χ0n) is 32.5. The summed E-state index contributed by atoms with van der Waals surface area (Å²) in [6.07, 6.45) is 3.22. The first-order valence-corrected chi connectivity index (χ1v) is 21.1. The number of carbonyl (C=O) groups excluding carboxylic acids is 2. The van der Waals surface area contributed by atoms with E-state index in [2.05, 4.69) is 43.7 Å². The van der Waals surface area contributed by atoms with E-state index in [0.717, 1.165) is 44.4 Å². The molecule has 4 unspecified atom stereocenters. The molecule has 6 aromatic rings. The van der Waals surface area contributed by atoms with Crippen LogP contribution in [-0.4, -0.2) is 61.2 Å². The van der Waals surface area contributed by atoms with Crippen LogP contribution in [0.25, 0.3) is 44.9 Å². The van der Waals surface area contributed by atoms with Crippen molar-refractivity contribution in [2.24, 2.45) is 5.92 Å². The number of fused-ring (bicyclic) bond motifs is 7. The van der Waals surface area contributed by atoms with Gasteiger partial charge in [-0.1, -0.05) is 70.2 Å². The molecule has 3 aromatic carbocycles. The molecule has 2 amide bonds. The van der Waals surface area contributed by atoms with Gasteiger partial charge in [0, 0.05) is 51.5 Å². The average Bonchev–Trinajstić information content (AvgIpc) is 4.04. The number of phosphoric ester groups is 1. The fourth-order valence-corrected chi connectivity index (χ4v) is 9.39. The van der Waals surface area contributed by atoms with Gasteiger partial charge in [0.2, 0.25) is 17.7 Å². The number of H-pyrrole nitrogens is 1. The van der Waals surface area contributed by atoms with E-state index in [1.54, 1.807) is 20.0 Å². The summed E-state index contributed by atoms with van der Waals surface area (Å²) in [5, 5.41) is 10.8. The van der Waals surface area contributed by atoms with Crippen molar-refractivity contribution >= 4 is 36.2 Å². The second-order valence-corrected chi connectivity index (χ2v) is 17.0. The number of anilines is 1. The lowest BCUT2D eigenvalue weighted by molar-refractivity contribution is -0.162. The maximum absolute atomic E-state index is 14.5. The number of benzene rings is 3. The molecule has 0 saturated carbocycles. The largest absolute Gasteiger partial charge is 0.471 e. The molecule has 4 aliphatic heterocycles. The molecule has 4 atom stereocenters. The number of amides is 2. The van der Waals surface area contributed by atoms with Crippen LogP contribution in [0.3, 0.4) is 0 Å². The van der Waals surface area contributed by atoms with Gasteiger partial charge in [0.1, 0.15) is 28.8 Å². The minimum atomic E-state index is -4.88. The van der Waals surface area contributed by atoms with Gasteiger partial charge in [-0.25, -0.2) is 14.5 Å². The van der Waals surface area contributed by atoms with Crippen LogP contribution < -0.4 is 20.7 Å². The molecule has 1 spiro atoms. The van der Waals surface area contributed by atoms with Crippen molar-refractivity contribution in [2.75, 3.05) is 12.1 Å². The molecule has 7 heterocycles. The average molecular weight is 821 g/mol. The minimum absolute atomic E-state index is 0.0693. The first-order valence-electron chi connectivity index (χ1n) is 19.6. The molecule has 17 heteroatoms. The highest BCUT2D eigenvalue weighted by Gasteiger charge is 2.61. The third-order valence-electron chi connectivity index (χ3n) is 12.2. The number of nitrogens with zero attached hydrogens (tertiary/aromatic N) is 2. The van der Waals surface area contributed by atoms with E-state index in [1.165, 1.54) is 0 Å². The van der Waals surface area contributed by atoms with Crippen LogP contribution in [0.1, 0.15) is 74.9 Å². The van der Waals surface area contributed by atoms with Gasteiger partial charge >= 0.3 is 7.82 Å². The zero-order valence-corrected chi connectivity index (χ0v) is 33.4. The molecule has 0 radical (unpaired) electrons. The number of ether oxygens (including phenoxy) is 2. The number of rotatable bonds is 9. The molecular weight excluding hydrogens is 779 g/mol. The number of oxazole rings is 2. The van der Waals surface area contributed by atoms with Gasteiger partial charge in [-0.15, -0.1) is 0 Å². The van der Waals surface area contributed by atoms with Crippen LogP contribution in [0.4, 0.5) is 5.69 Å². The van der Waals surface area contributed by atoms with E-state index in [0.29, 0.717) is 28.5 Å². The number of aromatic nitrogens is 3. The van der Waals surface area contributed by atoms with E-state index in [9.17, 15) is 23.9 Å². The first kappa shape index (κ1) is 37.5. The molecule has 10 rings (SSSR count). The van der Waals surface area contributed by atoms with Crippen molar-refractivity contribution in [1.82, 2.24) is 25.6 Å². The van der Waals surface area contributed by atoms with Crippen molar-refractivity contribution in [2.45, 2.75) is 76.3 Å². The monoisotopic (exact) mass is 820 g/mol. The molecule has 59 heavy (non-hydrogen) atoms. The summed E-state index contributed by atoms with van der Waals surface area (Å²) < 4.78 is 42.1. The molecule has 304 valence electrons. The first-order chi connectivity index (χ1) is 28.3. The fraction of sp³-hybridized carbons (Fsp3) is 0.333. The third kappa shape index (κ3) is 5.61. The summed E-state index contributed by atoms with van der Waals surface area (Å²) >= 11 is 0. The van der Waals surface area contributed by atoms with Gasteiger partial charge in [0.05, 0.1) is 6.20 Å². The molecule has 3 aromatic heterocycles. The summed E-state index contributed by atoms with van der Waals surface area (Å²) in [6.45, 7) is 6.44. The van der Waals surface area contributed by atoms with E-state index in [4.69, 9.17) is 28.3 Å². The number of hydrogen-bond acceptors (Lipinski definition) is 11. The van der Waals surface area contributed by atoms with Gasteiger partial charge in [0.25, 0.3) is 5.91 Å². The SMILES string of the molecule is CCC(CC)(OCOP(=O)(O)O)C(=O)NC1Cc2ccc3c(c2)C24c5cccc(c5NC2O3)-c2cccc3[nH]cc(c23)-c2cnc(o2)-c2nc(oc24)C(C(C)C)NC1=O. The lowest BCUT2D eigenvalue weighted by Gasteiger charge is -2.33. The zero-order chi connectivity index (χ0) is 41.0. The molecular formula is C42H41N6O10P. The number of nitrogens with one attached hydrogen (secondary N) is 4. The Kier molecular flexibility index (Phi) is 8.50. The van der Waals surface area contributed by atoms with Crippen LogP contribution in [0, 0.1) is 5.92 Å². The summed E-state index contributed by atoms with van der Waals surface area (Å²) in [7, 11) is -4.88. The smallest absolute Gasteiger partial charge is 0.469 e. The lowest BCUT2D eigenvalue weighted by Crippen LogP contribution is -2.56. The summed E-state index contributed by atoms with van der Waals surface area (Å²) in [5.41, 5.74) is 4.58. The molecule has 4 aliphatic rings. The Morgan fingerprint density at radius 2 is 1.85 bits per heavy atom. The van der Waals surface area contributed by atoms with E-state index >= 15 is 0 Å². The lowest BCUT2D eigenvalue weighted by atomic mass is 9.72. The van der Waals surface area contributed by atoms with Crippen molar-refractivity contribution in [3.05, 3.63) is 95.3 Å². The Balaban J connectivity index is 1.18. The van der Waals surface area contributed by atoms with Crippen LogP contribution in [0.15, 0.2) is 75.8 Å². The number of hydrogen-bond donors (Lipinski definition) is 6. The maximum atomic E-state index is 14.5. The van der Waals surface area contributed by atoms with Crippen LogP contribution >= 0.6 is 7.82 Å². The van der Waals surface area contributed by atoms with Crippen molar-refractivity contribution in [1.29, 1.82) is 0 Å². The molecule has 0 saturated heterocycles. The van der Waals surface area contributed by atoms with Gasteiger partial charge in [-0.05, 0) is 42.0 Å². The predicted molar refractivity (Wildman–Crippen MR) is 213 cm³/mol. The van der Waals surface area contributed by atoms with E-state index < -0.39 is 55.8 Å².